The van der Waals surface area contributed by atoms with Crippen molar-refractivity contribution in [2.75, 3.05) is 0 Å². The monoisotopic (exact) mass is 453 g/mol. The molecule has 1 atom stereocenters. The lowest BCUT2D eigenvalue weighted by Crippen LogP contribution is -2.16. The third-order valence-electron chi connectivity index (χ3n) is 5.89. The number of carboxylic acid groups (broad SMARTS) is 1. The highest BCUT2D eigenvalue weighted by Crippen LogP contribution is 2.37. The highest BCUT2D eigenvalue weighted by molar-refractivity contribution is 5.86. The molecule has 0 spiro atoms. The number of carbonyl (C=O) groups is 1. The molecule has 1 aromatic rings. The van der Waals surface area contributed by atoms with Gasteiger partial charge in [0.05, 0.1) is 0 Å². The van der Waals surface area contributed by atoms with Gasteiger partial charge in [-0.2, -0.15) is 0 Å². The maximum Gasteiger partial charge on any atom is 0.330 e. The summed E-state index contributed by atoms with van der Waals surface area (Å²) < 4.78 is 0. The summed E-state index contributed by atoms with van der Waals surface area (Å²) in [6.07, 6.45) is 17.7. The van der Waals surface area contributed by atoms with Crippen molar-refractivity contribution in [3.8, 4) is 0 Å². The fourth-order valence-corrected chi connectivity index (χ4v) is 4.33. The summed E-state index contributed by atoms with van der Waals surface area (Å²) in [4.78, 5) is 11.2. The van der Waals surface area contributed by atoms with Gasteiger partial charge in [0, 0.05) is 5.57 Å². The van der Waals surface area contributed by atoms with Gasteiger partial charge < -0.3 is 11.3 Å². The van der Waals surface area contributed by atoms with Crippen molar-refractivity contribution in [2.45, 2.75) is 111 Å². The molecule has 0 saturated heterocycles. The van der Waals surface area contributed by atoms with Gasteiger partial charge in [0.2, 0.25) is 0 Å². The van der Waals surface area contributed by atoms with Crippen molar-refractivity contribution in [3.63, 3.8) is 0 Å². The first kappa shape index (κ1) is 31.9. The van der Waals surface area contributed by atoms with E-state index in [0.717, 1.165) is 6.42 Å². The van der Waals surface area contributed by atoms with E-state index in [2.05, 4.69) is 51.1 Å². The Bertz CT molecular complexity index is 599. The second-order valence-corrected chi connectivity index (χ2v) is 9.40. The SMILES string of the molecule is CCCCCCCCCCCCC(CC(C)(C)C=C(C)C(=O)O)c1ccccc1.Cl.N. The van der Waals surface area contributed by atoms with Gasteiger partial charge in [0.1, 0.15) is 0 Å². The highest BCUT2D eigenvalue weighted by Gasteiger charge is 2.23. The van der Waals surface area contributed by atoms with Crippen LogP contribution in [0.2, 0.25) is 0 Å². The Labute approximate surface area is 198 Å². The van der Waals surface area contributed by atoms with Crippen LogP contribution in [0.5, 0.6) is 0 Å². The van der Waals surface area contributed by atoms with Gasteiger partial charge in [-0.05, 0) is 36.7 Å². The molecule has 31 heavy (non-hydrogen) atoms. The molecule has 0 aromatic heterocycles. The normalized spacial score (nSPS) is 12.6. The van der Waals surface area contributed by atoms with Crippen LogP contribution >= 0.6 is 12.4 Å². The van der Waals surface area contributed by atoms with Gasteiger partial charge in [0.25, 0.3) is 0 Å². The molecular formula is C27H48ClNO2. The summed E-state index contributed by atoms with van der Waals surface area (Å²) in [5, 5.41) is 9.23. The number of benzene rings is 1. The lowest BCUT2D eigenvalue weighted by Gasteiger charge is -2.28. The van der Waals surface area contributed by atoms with Crippen LogP contribution in [0.15, 0.2) is 42.0 Å². The summed E-state index contributed by atoms with van der Waals surface area (Å²) in [5.74, 6) is -0.331. The average molecular weight is 454 g/mol. The molecule has 0 amide bonds. The van der Waals surface area contributed by atoms with Crippen LogP contribution in [-0.4, -0.2) is 11.1 Å². The average Bonchev–Trinajstić information content (AvgIpc) is 2.68. The van der Waals surface area contributed by atoms with E-state index in [9.17, 15) is 9.90 Å². The number of hydrogen-bond acceptors (Lipinski definition) is 2. The molecule has 4 heteroatoms. The highest BCUT2D eigenvalue weighted by atomic mass is 35.5. The third kappa shape index (κ3) is 15.2. The fraction of sp³-hybridized carbons (Fsp3) is 0.667. The molecule has 1 aromatic carbocycles. The molecule has 0 heterocycles. The van der Waals surface area contributed by atoms with Gasteiger partial charge in [-0.15, -0.1) is 12.4 Å². The van der Waals surface area contributed by atoms with Gasteiger partial charge in [0.15, 0.2) is 0 Å². The van der Waals surface area contributed by atoms with Crippen molar-refractivity contribution in [1.29, 1.82) is 0 Å². The number of halogens is 1. The Morgan fingerprint density at radius 2 is 1.42 bits per heavy atom. The predicted molar refractivity (Wildman–Crippen MR) is 138 cm³/mol. The number of carboxylic acids is 1. The van der Waals surface area contributed by atoms with Crippen LogP contribution in [0, 0.1) is 5.41 Å². The summed E-state index contributed by atoms with van der Waals surface area (Å²) in [6.45, 7) is 8.29. The van der Waals surface area contributed by atoms with Crippen molar-refractivity contribution < 1.29 is 9.90 Å². The molecule has 0 radical (unpaired) electrons. The van der Waals surface area contributed by atoms with Crippen LogP contribution in [0.25, 0.3) is 0 Å². The first-order chi connectivity index (χ1) is 13.9. The zero-order valence-electron chi connectivity index (χ0n) is 20.5. The maximum atomic E-state index is 11.2. The summed E-state index contributed by atoms with van der Waals surface area (Å²) in [6, 6.07) is 10.8. The minimum absolute atomic E-state index is 0. The lowest BCUT2D eigenvalue weighted by molar-refractivity contribution is -0.132. The minimum Gasteiger partial charge on any atom is -0.478 e. The summed E-state index contributed by atoms with van der Waals surface area (Å²) in [7, 11) is 0. The fourth-order valence-electron chi connectivity index (χ4n) is 4.33. The van der Waals surface area contributed by atoms with Gasteiger partial charge in [-0.1, -0.05) is 121 Å². The Balaban J connectivity index is 0. The molecule has 1 unspecified atom stereocenters. The van der Waals surface area contributed by atoms with E-state index < -0.39 is 5.97 Å². The van der Waals surface area contributed by atoms with Crippen molar-refractivity contribution in [3.05, 3.63) is 47.5 Å². The second kappa shape index (κ2) is 18.3. The first-order valence-electron chi connectivity index (χ1n) is 11.8. The number of allylic oxidation sites excluding steroid dienone is 1. The Hall–Kier alpha value is -1.32. The molecule has 1 rings (SSSR count). The maximum absolute atomic E-state index is 11.2. The zero-order chi connectivity index (χ0) is 21.5. The van der Waals surface area contributed by atoms with Gasteiger partial charge in [-0.25, -0.2) is 4.79 Å². The van der Waals surface area contributed by atoms with E-state index in [0.29, 0.717) is 11.5 Å². The molecule has 0 aliphatic rings. The van der Waals surface area contributed by atoms with Crippen LogP contribution < -0.4 is 6.15 Å². The molecule has 0 saturated carbocycles. The van der Waals surface area contributed by atoms with E-state index in [1.807, 2.05) is 6.08 Å². The molecular weight excluding hydrogens is 406 g/mol. The Kier molecular flexibility index (Phi) is 18.8. The largest absolute Gasteiger partial charge is 0.478 e. The Morgan fingerprint density at radius 3 is 1.90 bits per heavy atom. The van der Waals surface area contributed by atoms with Crippen molar-refractivity contribution >= 4 is 18.4 Å². The van der Waals surface area contributed by atoms with Crippen molar-refractivity contribution in [2.24, 2.45) is 5.41 Å². The molecule has 0 bridgehead atoms. The van der Waals surface area contributed by atoms with Crippen LogP contribution in [0.4, 0.5) is 0 Å². The second-order valence-electron chi connectivity index (χ2n) is 9.40. The van der Waals surface area contributed by atoms with Crippen LogP contribution in [0.3, 0.4) is 0 Å². The van der Waals surface area contributed by atoms with E-state index in [1.54, 1.807) is 6.92 Å². The number of unbranched alkanes of at least 4 members (excludes halogenated alkanes) is 9. The number of hydrogen-bond donors (Lipinski definition) is 2. The quantitative estimate of drug-likeness (QED) is 0.193. The standard InChI is InChI=1S/C27H44O2.ClH.H3N/c1-5-6-7-8-9-10-11-12-13-15-20-25(24-18-16-14-17-19-24)22-27(3,4)21-23(2)26(28)29;;/h14,16-19,21,25H,5-13,15,20,22H2,1-4H3,(H,28,29);1H;1H3. The smallest absolute Gasteiger partial charge is 0.330 e. The van der Waals surface area contributed by atoms with Crippen LogP contribution in [-0.2, 0) is 4.79 Å². The predicted octanol–water partition coefficient (Wildman–Crippen LogP) is 9.11. The first-order valence-corrected chi connectivity index (χ1v) is 11.8. The molecule has 0 aliphatic carbocycles. The number of rotatable bonds is 16. The zero-order valence-corrected chi connectivity index (χ0v) is 21.3. The van der Waals surface area contributed by atoms with Gasteiger partial charge in [-0.3, -0.25) is 0 Å². The Morgan fingerprint density at radius 1 is 0.935 bits per heavy atom. The molecule has 0 aliphatic heterocycles. The van der Waals surface area contributed by atoms with E-state index >= 15 is 0 Å². The van der Waals surface area contributed by atoms with E-state index in [4.69, 9.17) is 0 Å². The van der Waals surface area contributed by atoms with Gasteiger partial charge >= 0.3 is 5.97 Å². The summed E-state index contributed by atoms with van der Waals surface area (Å²) >= 11 is 0. The van der Waals surface area contributed by atoms with Crippen LogP contribution in [0.1, 0.15) is 116 Å². The minimum atomic E-state index is -0.816. The van der Waals surface area contributed by atoms with E-state index in [-0.39, 0.29) is 24.0 Å². The lowest BCUT2D eigenvalue weighted by atomic mass is 9.77. The molecule has 3 nitrogen and oxygen atoms in total. The molecule has 0 fully saturated rings. The third-order valence-corrected chi connectivity index (χ3v) is 5.89. The molecule has 4 N–H and O–H groups in total. The van der Waals surface area contributed by atoms with E-state index in [1.165, 1.54) is 76.2 Å². The number of aliphatic carboxylic acids is 1. The topological polar surface area (TPSA) is 72.3 Å². The van der Waals surface area contributed by atoms with Crippen molar-refractivity contribution in [1.82, 2.24) is 6.15 Å². The summed E-state index contributed by atoms with van der Waals surface area (Å²) in [5.41, 5.74) is 1.71. The molecule has 180 valence electrons.